The van der Waals surface area contributed by atoms with Crippen LogP contribution in [0.3, 0.4) is 0 Å². The molecule has 0 aromatic carbocycles. The van der Waals surface area contributed by atoms with E-state index in [1.807, 2.05) is 11.5 Å². The van der Waals surface area contributed by atoms with Gasteiger partial charge in [-0.1, -0.05) is 6.92 Å². The fraction of sp³-hybridized carbons (Fsp3) is 0.692. The Bertz CT molecular complexity index is 450. The zero-order valence-electron chi connectivity index (χ0n) is 11.5. The quantitative estimate of drug-likeness (QED) is 0.837. The minimum atomic E-state index is -0.444. The highest BCUT2D eigenvalue weighted by atomic mass is 16.5. The number of imidazole rings is 1. The van der Waals surface area contributed by atoms with Crippen molar-refractivity contribution in [3.8, 4) is 0 Å². The van der Waals surface area contributed by atoms with Crippen LogP contribution in [0.25, 0.3) is 0 Å². The van der Waals surface area contributed by atoms with Crippen LogP contribution in [0.5, 0.6) is 0 Å². The first-order valence-corrected chi connectivity index (χ1v) is 6.80. The van der Waals surface area contributed by atoms with Crippen molar-refractivity contribution in [3.05, 3.63) is 11.5 Å². The molecule has 0 spiro atoms. The van der Waals surface area contributed by atoms with Gasteiger partial charge in [-0.3, -0.25) is 0 Å². The molecule has 0 bridgehead atoms. The minimum Gasteiger partial charge on any atom is -0.461 e. The van der Waals surface area contributed by atoms with Gasteiger partial charge in [0.25, 0.3) is 0 Å². The van der Waals surface area contributed by atoms with Crippen LogP contribution in [0.1, 0.15) is 49.0 Å². The van der Waals surface area contributed by atoms with Gasteiger partial charge in [-0.25, -0.2) is 9.78 Å². The van der Waals surface area contributed by atoms with Crippen LogP contribution < -0.4 is 5.73 Å². The molecule has 6 heteroatoms. The number of rotatable bonds is 4. The predicted octanol–water partition coefficient (Wildman–Crippen LogP) is 1.56. The van der Waals surface area contributed by atoms with E-state index in [1.165, 1.54) is 0 Å². The Morgan fingerprint density at radius 3 is 2.74 bits per heavy atom. The average molecular weight is 267 g/mol. The van der Waals surface area contributed by atoms with Gasteiger partial charge in [0.1, 0.15) is 11.6 Å². The molecular weight excluding hydrogens is 246 g/mol. The third-order valence-corrected chi connectivity index (χ3v) is 3.36. The fourth-order valence-electron chi connectivity index (χ4n) is 2.44. The normalized spacial score (nSPS) is 16.5. The van der Waals surface area contributed by atoms with E-state index in [2.05, 4.69) is 4.98 Å². The average Bonchev–Trinajstić information content (AvgIpc) is 2.77. The van der Waals surface area contributed by atoms with Crippen LogP contribution in [-0.4, -0.2) is 35.3 Å². The van der Waals surface area contributed by atoms with Crippen LogP contribution in [0.15, 0.2) is 0 Å². The molecule has 0 radical (unpaired) electrons. The standard InChI is InChI=1S/C13H21N3O3/c1-3-10-15-11(13(17)19-4-2)12(14)16(10)9-5-7-18-8-6-9/h9H,3-8,14H2,1-2H3. The maximum atomic E-state index is 11.8. The highest BCUT2D eigenvalue weighted by Crippen LogP contribution is 2.28. The number of aryl methyl sites for hydroxylation is 1. The molecule has 6 nitrogen and oxygen atoms in total. The van der Waals surface area contributed by atoms with Gasteiger partial charge < -0.3 is 19.8 Å². The van der Waals surface area contributed by atoms with Crippen molar-refractivity contribution in [2.24, 2.45) is 0 Å². The van der Waals surface area contributed by atoms with Gasteiger partial charge in [-0.05, 0) is 19.8 Å². The highest BCUT2D eigenvalue weighted by Gasteiger charge is 2.26. The van der Waals surface area contributed by atoms with Crippen LogP contribution in [0, 0.1) is 0 Å². The second-order valence-corrected chi connectivity index (χ2v) is 4.55. The van der Waals surface area contributed by atoms with Gasteiger partial charge >= 0.3 is 5.97 Å². The number of nitrogens with two attached hydrogens (primary N) is 1. The Kier molecular flexibility index (Phi) is 4.42. The molecule has 0 aliphatic carbocycles. The van der Waals surface area contributed by atoms with Crippen molar-refractivity contribution in [1.82, 2.24) is 9.55 Å². The molecule has 1 saturated heterocycles. The van der Waals surface area contributed by atoms with Gasteiger partial charge in [0.15, 0.2) is 5.69 Å². The first-order valence-electron chi connectivity index (χ1n) is 6.80. The number of carbonyl (C=O) groups is 1. The van der Waals surface area contributed by atoms with E-state index >= 15 is 0 Å². The maximum Gasteiger partial charge on any atom is 0.360 e. The largest absolute Gasteiger partial charge is 0.461 e. The molecule has 106 valence electrons. The van der Waals surface area contributed by atoms with Crippen molar-refractivity contribution < 1.29 is 14.3 Å². The summed E-state index contributed by atoms with van der Waals surface area (Å²) in [6.07, 6.45) is 2.53. The number of hydrogen-bond donors (Lipinski definition) is 1. The lowest BCUT2D eigenvalue weighted by molar-refractivity contribution is 0.0521. The third-order valence-electron chi connectivity index (χ3n) is 3.36. The van der Waals surface area contributed by atoms with Crippen LogP contribution in [0.2, 0.25) is 0 Å². The molecule has 2 N–H and O–H groups in total. The molecule has 0 amide bonds. The van der Waals surface area contributed by atoms with E-state index in [0.717, 1.165) is 38.3 Å². The number of ether oxygens (including phenoxy) is 2. The summed E-state index contributed by atoms with van der Waals surface area (Å²) in [5.74, 6) is 0.815. The lowest BCUT2D eigenvalue weighted by Crippen LogP contribution is -2.22. The molecule has 1 fully saturated rings. The van der Waals surface area contributed by atoms with E-state index in [-0.39, 0.29) is 11.7 Å². The maximum absolute atomic E-state index is 11.8. The lowest BCUT2D eigenvalue weighted by atomic mass is 10.1. The number of anilines is 1. The van der Waals surface area contributed by atoms with Gasteiger partial charge in [-0.2, -0.15) is 0 Å². The molecule has 1 aromatic rings. The Hall–Kier alpha value is -1.56. The van der Waals surface area contributed by atoms with Crippen LogP contribution >= 0.6 is 0 Å². The monoisotopic (exact) mass is 267 g/mol. The van der Waals surface area contributed by atoms with Gasteiger partial charge in [-0.15, -0.1) is 0 Å². The molecule has 0 saturated carbocycles. The molecule has 0 unspecified atom stereocenters. The Morgan fingerprint density at radius 2 is 2.16 bits per heavy atom. The second-order valence-electron chi connectivity index (χ2n) is 4.55. The number of nitrogen functional groups attached to an aromatic ring is 1. The van der Waals surface area contributed by atoms with Gasteiger partial charge in [0, 0.05) is 25.7 Å². The summed E-state index contributed by atoms with van der Waals surface area (Å²) in [6.45, 7) is 5.54. The van der Waals surface area contributed by atoms with Crippen LogP contribution in [0.4, 0.5) is 5.82 Å². The molecule has 19 heavy (non-hydrogen) atoms. The number of carbonyl (C=O) groups excluding carboxylic acids is 1. The molecular formula is C13H21N3O3. The summed E-state index contributed by atoms with van der Waals surface area (Å²) in [6, 6.07) is 0.263. The summed E-state index contributed by atoms with van der Waals surface area (Å²) >= 11 is 0. The fourth-order valence-corrected chi connectivity index (χ4v) is 2.44. The van der Waals surface area contributed by atoms with Gasteiger partial charge in [0.2, 0.25) is 0 Å². The summed E-state index contributed by atoms with van der Waals surface area (Å²) in [7, 11) is 0. The summed E-state index contributed by atoms with van der Waals surface area (Å²) < 4.78 is 12.3. The lowest BCUT2D eigenvalue weighted by Gasteiger charge is -2.25. The first-order chi connectivity index (χ1) is 9.19. The molecule has 1 aliphatic rings. The zero-order chi connectivity index (χ0) is 13.8. The summed E-state index contributed by atoms with van der Waals surface area (Å²) in [5.41, 5.74) is 6.34. The van der Waals surface area contributed by atoms with E-state index in [4.69, 9.17) is 15.2 Å². The topological polar surface area (TPSA) is 79.4 Å². The summed E-state index contributed by atoms with van der Waals surface area (Å²) in [4.78, 5) is 16.2. The predicted molar refractivity (Wildman–Crippen MR) is 71.1 cm³/mol. The smallest absolute Gasteiger partial charge is 0.360 e. The second kappa shape index (κ2) is 6.06. The minimum absolute atomic E-state index is 0.241. The Labute approximate surface area is 112 Å². The van der Waals surface area contributed by atoms with Crippen molar-refractivity contribution in [2.75, 3.05) is 25.6 Å². The molecule has 2 heterocycles. The van der Waals surface area contributed by atoms with Crippen molar-refractivity contribution in [2.45, 2.75) is 39.2 Å². The molecule has 1 aromatic heterocycles. The Balaban J connectivity index is 2.33. The number of aromatic nitrogens is 2. The van der Waals surface area contributed by atoms with Gasteiger partial charge in [0.05, 0.1) is 6.61 Å². The molecule has 0 atom stereocenters. The van der Waals surface area contributed by atoms with Crippen LogP contribution in [-0.2, 0) is 15.9 Å². The van der Waals surface area contributed by atoms with E-state index < -0.39 is 5.97 Å². The van der Waals surface area contributed by atoms with E-state index in [1.54, 1.807) is 6.92 Å². The van der Waals surface area contributed by atoms with Crippen molar-refractivity contribution >= 4 is 11.8 Å². The molecule has 1 aliphatic heterocycles. The van der Waals surface area contributed by atoms with Crippen molar-refractivity contribution in [3.63, 3.8) is 0 Å². The highest BCUT2D eigenvalue weighted by molar-refractivity contribution is 5.92. The summed E-state index contributed by atoms with van der Waals surface area (Å²) in [5, 5.41) is 0. The van der Waals surface area contributed by atoms with E-state index in [0.29, 0.717) is 12.4 Å². The first kappa shape index (κ1) is 13.9. The van der Waals surface area contributed by atoms with E-state index in [9.17, 15) is 4.79 Å². The van der Waals surface area contributed by atoms with Crippen molar-refractivity contribution in [1.29, 1.82) is 0 Å². The molecule has 2 rings (SSSR count). The Morgan fingerprint density at radius 1 is 1.47 bits per heavy atom. The number of hydrogen-bond acceptors (Lipinski definition) is 5. The third kappa shape index (κ3) is 2.73. The zero-order valence-corrected chi connectivity index (χ0v) is 11.5. The number of nitrogens with zero attached hydrogens (tertiary/aromatic N) is 2. The SMILES string of the molecule is CCOC(=O)c1nc(CC)n(C2CCOCC2)c1N. The number of esters is 1.